The van der Waals surface area contributed by atoms with Crippen molar-refractivity contribution >= 4 is 40.6 Å². The highest BCUT2D eigenvalue weighted by Crippen LogP contribution is 2.38. The number of carbonyl (C=O) groups is 1. The molecule has 40 heavy (non-hydrogen) atoms. The van der Waals surface area contributed by atoms with Gasteiger partial charge in [-0.3, -0.25) is 4.79 Å². The molecule has 0 radical (unpaired) electrons. The van der Waals surface area contributed by atoms with Gasteiger partial charge in [0.15, 0.2) is 11.6 Å². The van der Waals surface area contributed by atoms with Crippen LogP contribution in [0.25, 0.3) is 0 Å². The summed E-state index contributed by atoms with van der Waals surface area (Å²) in [7, 11) is 7.35. The summed E-state index contributed by atoms with van der Waals surface area (Å²) < 4.78 is 34.0. The van der Waals surface area contributed by atoms with Gasteiger partial charge in [0.1, 0.15) is 12.1 Å². The van der Waals surface area contributed by atoms with Crippen molar-refractivity contribution in [3.05, 3.63) is 60.4 Å². The molecule has 2 aromatic carbocycles. The molecule has 4 N–H and O–H groups in total. The van der Waals surface area contributed by atoms with E-state index in [1.807, 2.05) is 30.9 Å². The zero-order valence-corrected chi connectivity index (χ0v) is 23.3. The van der Waals surface area contributed by atoms with E-state index in [9.17, 15) is 18.7 Å². The van der Waals surface area contributed by atoms with E-state index >= 15 is 0 Å². The van der Waals surface area contributed by atoms with Crippen LogP contribution < -0.4 is 25.6 Å². The number of aliphatic hydroxyl groups is 1. The maximum atomic E-state index is 14.5. The predicted molar refractivity (Wildman–Crippen MR) is 152 cm³/mol. The quantitative estimate of drug-likeness (QED) is 0.243. The van der Waals surface area contributed by atoms with Crippen molar-refractivity contribution in [1.29, 1.82) is 0 Å². The lowest BCUT2D eigenvalue weighted by Gasteiger charge is -2.26. The SMILES string of the molecule is C=CC(=O)Nc1cc(Nc2ncnc(Nc3ccc(F)c(F)c3C(C)(C)O)n2)c(OC)cc1N(C)CCN(C)C. The number of nitrogens with zero attached hydrogens (tertiary/aromatic N) is 5. The van der Waals surface area contributed by atoms with E-state index in [1.165, 1.54) is 39.4 Å². The summed E-state index contributed by atoms with van der Waals surface area (Å²) in [5.74, 6) is -2.12. The number of hydrogen-bond donors (Lipinski definition) is 4. The van der Waals surface area contributed by atoms with Gasteiger partial charge in [-0.25, -0.2) is 18.7 Å². The van der Waals surface area contributed by atoms with E-state index in [0.717, 1.165) is 18.3 Å². The number of anilines is 6. The number of carbonyl (C=O) groups excluding carboxylic acids is 1. The first-order valence-corrected chi connectivity index (χ1v) is 12.3. The summed E-state index contributed by atoms with van der Waals surface area (Å²) in [5, 5.41) is 19.1. The van der Waals surface area contributed by atoms with Crippen molar-refractivity contribution in [1.82, 2.24) is 19.9 Å². The maximum Gasteiger partial charge on any atom is 0.247 e. The molecule has 0 saturated heterocycles. The molecule has 0 aliphatic rings. The van der Waals surface area contributed by atoms with Crippen LogP contribution >= 0.6 is 0 Å². The van der Waals surface area contributed by atoms with Gasteiger partial charge >= 0.3 is 0 Å². The van der Waals surface area contributed by atoms with Gasteiger partial charge in [-0.05, 0) is 52.2 Å². The fourth-order valence-electron chi connectivity index (χ4n) is 3.82. The zero-order chi connectivity index (χ0) is 29.6. The first-order chi connectivity index (χ1) is 18.8. The second-order valence-electron chi connectivity index (χ2n) is 9.71. The van der Waals surface area contributed by atoms with Gasteiger partial charge in [0, 0.05) is 31.8 Å². The summed E-state index contributed by atoms with van der Waals surface area (Å²) in [4.78, 5) is 28.7. The van der Waals surface area contributed by atoms with Crippen LogP contribution in [0.3, 0.4) is 0 Å². The molecule has 0 aliphatic carbocycles. The van der Waals surface area contributed by atoms with Crippen LogP contribution in [0.1, 0.15) is 19.4 Å². The standard InChI is InChI=1S/C27H34F2N8O3/c1-8-22(38)32-18-13-19(21(40-7)14-20(18)37(6)12-11-36(4)5)34-26-31-15-30-25(35-26)33-17-10-9-16(28)24(29)23(17)27(2,3)39/h8-10,13-15,39H,1,11-12H2,2-7H3,(H,32,38)(H2,30,31,33,34,35). The molecule has 3 rings (SSSR count). The summed E-state index contributed by atoms with van der Waals surface area (Å²) in [6.07, 6.45) is 2.39. The van der Waals surface area contributed by atoms with Crippen LogP contribution in [-0.4, -0.2) is 72.2 Å². The Bertz CT molecular complexity index is 1380. The number of aromatic nitrogens is 3. The van der Waals surface area contributed by atoms with Gasteiger partial charge in [0.05, 0.1) is 35.5 Å². The van der Waals surface area contributed by atoms with Crippen LogP contribution in [0.4, 0.5) is 43.4 Å². The molecule has 0 bridgehead atoms. The van der Waals surface area contributed by atoms with Crippen molar-refractivity contribution < 1.29 is 23.4 Å². The van der Waals surface area contributed by atoms with E-state index in [-0.39, 0.29) is 29.1 Å². The van der Waals surface area contributed by atoms with Crippen molar-refractivity contribution in [3.8, 4) is 5.75 Å². The highest BCUT2D eigenvalue weighted by atomic mass is 19.2. The molecular weight excluding hydrogens is 522 g/mol. The number of hydrogen-bond acceptors (Lipinski definition) is 10. The van der Waals surface area contributed by atoms with Crippen LogP contribution in [0.5, 0.6) is 5.75 Å². The number of ether oxygens (including phenoxy) is 1. The Balaban J connectivity index is 1.97. The fourth-order valence-corrected chi connectivity index (χ4v) is 3.82. The molecule has 0 saturated carbocycles. The topological polar surface area (TPSA) is 128 Å². The van der Waals surface area contributed by atoms with E-state index in [0.29, 0.717) is 23.7 Å². The molecule has 11 nitrogen and oxygen atoms in total. The predicted octanol–water partition coefficient (Wildman–Crippen LogP) is 4.00. The molecule has 0 unspecified atom stereocenters. The Kier molecular flexibility index (Phi) is 9.56. The zero-order valence-electron chi connectivity index (χ0n) is 23.3. The Morgan fingerprint density at radius 2 is 1.73 bits per heavy atom. The third-order valence-electron chi connectivity index (χ3n) is 5.83. The van der Waals surface area contributed by atoms with Crippen molar-refractivity contribution in [2.75, 3.05) is 62.2 Å². The molecule has 214 valence electrons. The number of halogens is 2. The second-order valence-corrected chi connectivity index (χ2v) is 9.71. The number of nitrogens with one attached hydrogen (secondary N) is 3. The molecule has 1 aromatic heterocycles. The summed E-state index contributed by atoms with van der Waals surface area (Å²) >= 11 is 0. The van der Waals surface area contributed by atoms with Crippen LogP contribution in [-0.2, 0) is 10.4 Å². The lowest BCUT2D eigenvalue weighted by atomic mass is 9.95. The minimum atomic E-state index is -1.69. The lowest BCUT2D eigenvalue weighted by molar-refractivity contribution is -0.111. The van der Waals surface area contributed by atoms with Gasteiger partial charge in [0.25, 0.3) is 0 Å². The highest BCUT2D eigenvalue weighted by molar-refractivity contribution is 6.02. The molecule has 0 atom stereocenters. The second kappa shape index (κ2) is 12.7. The lowest BCUT2D eigenvalue weighted by Crippen LogP contribution is -2.29. The van der Waals surface area contributed by atoms with Crippen molar-refractivity contribution in [2.24, 2.45) is 0 Å². The average Bonchev–Trinajstić information content (AvgIpc) is 2.89. The number of likely N-dealkylation sites (N-methyl/N-ethyl adjacent to an activating group) is 2. The number of benzene rings is 2. The first-order valence-electron chi connectivity index (χ1n) is 12.3. The molecule has 0 aliphatic heterocycles. The van der Waals surface area contributed by atoms with Gasteiger partial charge in [-0.2, -0.15) is 4.98 Å². The van der Waals surface area contributed by atoms with E-state index in [1.54, 1.807) is 12.1 Å². The minimum absolute atomic E-state index is 0.00759. The molecule has 0 fully saturated rings. The third kappa shape index (κ3) is 7.39. The molecule has 1 amide bonds. The van der Waals surface area contributed by atoms with E-state index in [4.69, 9.17) is 4.74 Å². The molecule has 13 heteroatoms. The van der Waals surface area contributed by atoms with Crippen LogP contribution in [0.2, 0.25) is 0 Å². The normalized spacial score (nSPS) is 11.2. The first kappa shape index (κ1) is 30.2. The molecule has 3 aromatic rings. The number of rotatable bonds is 12. The van der Waals surface area contributed by atoms with Gasteiger partial charge in [-0.1, -0.05) is 6.58 Å². The van der Waals surface area contributed by atoms with Gasteiger partial charge in [0.2, 0.25) is 17.8 Å². The van der Waals surface area contributed by atoms with Crippen molar-refractivity contribution in [2.45, 2.75) is 19.4 Å². The van der Waals surface area contributed by atoms with E-state index < -0.39 is 17.2 Å². The smallest absolute Gasteiger partial charge is 0.247 e. The Morgan fingerprint density at radius 1 is 1.07 bits per heavy atom. The maximum absolute atomic E-state index is 14.5. The number of methoxy groups -OCH3 is 1. The Morgan fingerprint density at radius 3 is 2.30 bits per heavy atom. The number of amides is 1. The molecular formula is C27H34F2N8O3. The minimum Gasteiger partial charge on any atom is -0.494 e. The molecule has 1 heterocycles. The Labute approximate surface area is 231 Å². The van der Waals surface area contributed by atoms with E-state index in [2.05, 4.69) is 37.5 Å². The highest BCUT2D eigenvalue weighted by Gasteiger charge is 2.27. The summed E-state index contributed by atoms with van der Waals surface area (Å²) in [6.45, 7) is 7.66. The third-order valence-corrected chi connectivity index (χ3v) is 5.83. The Hall–Kier alpha value is -4.36. The average molecular weight is 557 g/mol. The largest absolute Gasteiger partial charge is 0.494 e. The monoisotopic (exact) mass is 556 g/mol. The van der Waals surface area contributed by atoms with Gasteiger partial charge < -0.3 is 35.6 Å². The van der Waals surface area contributed by atoms with Crippen LogP contribution in [0.15, 0.2) is 43.2 Å². The molecule has 0 spiro atoms. The van der Waals surface area contributed by atoms with Crippen molar-refractivity contribution in [3.63, 3.8) is 0 Å². The summed E-state index contributed by atoms with van der Waals surface area (Å²) in [5.41, 5.74) is -0.229. The van der Waals surface area contributed by atoms with Crippen LogP contribution in [0, 0.1) is 11.6 Å². The fraction of sp³-hybridized carbons (Fsp3) is 0.333. The summed E-state index contributed by atoms with van der Waals surface area (Å²) in [6, 6.07) is 5.67. The van der Waals surface area contributed by atoms with Gasteiger partial charge in [-0.15, -0.1) is 0 Å².